The van der Waals surface area contributed by atoms with Crippen LogP contribution in [0.2, 0.25) is 0 Å². The molecule has 2 N–H and O–H groups in total. The second-order valence-corrected chi connectivity index (χ2v) is 8.60. The van der Waals surface area contributed by atoms with Crippen LogP contribution in [-0.2, 0) is 11.2 Å². The third-order valence-electron chi connectivity index (χ3n) is 6.40. The normalized spacial score (nSPS) is 19.7. The van der Waals surface area contributed by atoms with Crippen molar-refractivity contribution in [2.24, 2.45) is 0 Å². The van der Waals surface area contributed by atoms with Crippen LogP contribution in [0.3, 0.4) is 0 Å². The maximum absolute atomic E-state index is 13.0. The van der Waals surface area contributed by atoms with Crippen molar-refractivity contribution in [3.05, 3.63) is 53.3 Å². The van der Waals surface area contributed by atoms with Crippen LogP contribution in [0.1, 0.15) is 85.6 Å². The summed E-state index contributed by atoms with van der Waals surface area (Å²) in [6, 6.07) is 12.4. The quantitative estimate of drug-likeness (QED) is 0.722. The smallest absolute Gasteiger partial charge is 0.271 e. The fourth-order valence-electron chi connectivity index (χ4n) is 4.74. The molecule has 2 aliphatic rings. The molecule has 1 atom stereocenters. The van der Waals surface area contributed by atoms with E-state index in [0.717, 1.165) is 57.2 Å². The molecule has 2 heterocycles. The third kappa shape index (κ3) is 5.10. The van der Waals surface area contributed by atoms with Crippen LogP contribution in [0.4, 0.5) is 0 Å². The molecule has 0 spiro atoms. The summed E-state index contributed by atoms with van der Waals surface area (Å²) in [7, 11) is 0. The molecule has 0 radical (unpaired) electrons. The molecule has 1 saturated heterocycles. The molecule has 2 fully saturated rings. The summed E-state index contributed by atoms with van der Waals surface area (Å²) in [6.45, 7) is 0.775. The van der Waals surface area contributed by atoms with Gasteiger partial charge in [-0.1, -0.05) is 43.2 Å². The molecule has 0 bridgehead atoms. The summed E-state index contributed by atoms with van der Waals surface area (Å²) in [4.78, 5) is 27.5. The Morgan fingerprint density at radius 2 is 1.83 bits per heavy atom. The molecule has 6 heteroatoms. The van der Waals surface area contributed by atoms with Gasteiger partial charge in [0.1, 0.15) is 5.69 Å². The maximum Gasteiger partial charge on any atom is 0.271 e. The monoisotopic (exact) mass is 408 g/mol. The molecule has 1 aliphatic carbocycles. The fraction of sp³-hybridized carbons (Fsp3) is 0.542. The number of nitrogens with one attached hydrogen (secondary N) is 2. The lowest BCUT2D eigenvalue weighted by atomic mass is 9.98. The predicted molar refractivity (Wildman–Crippen MR) is 116 cm³/mol. The van der Waals surface area contributed by atoms with E-state index in [1.54, 1.807) is 0 Å². The van der Waals surface area contributed by atoms with Crippen molar-refractivity contribution in [3.63, 3.8) is 0 Å². The molecule has 0 unspecified atom stereocenters. The Hall–Kier alpha value is -2.63. The van der Waals surface area contributed by atoms with E-state index in [2.05, 4.69) is 27.6 Å². The number of aryl methyl sites for hydroxylation is 1. The van der Waals surface area contributed by atoms with Crippen molar-refractivity contribution >= 4 is 11.8 Å². The number of aromatic nitrogens is 2. The van der Waals surface area contributed by atoms with Gasteiger partial charge in [0.2, 0.25) is 5.91 Å². The topological polar surface area (TPSA) is 78.1 Å². The standard InChI is InChI=1S/C24H32N4O2/c29-23(15-8-11-18-9-2-1-3-10-18)28-16-7-6-14-22(28)20-17-21(27-26-20)24(30)25-19-12-4-5-13-19/h1-3,9-10,17,19,22H,4-8,11-16H2,(H,25,30)(H,26,27)/t22-/m1/s1. The number of likely N-dealkylation sites (tertiary alicyclic amines) is 1. The summed E-state index contributed by atoms with van der Waals surface area (Å²) in [6.07, 6.45) is 9.81. The second-order valence-electron chi connectivity index (χ2n) is 8.60. The fourth-order valence-corrected chi connectivity index (χ4v) is 4.74. The SMILES string of the molecule is O=C(NC1CCCC1)c1cc([C@H]2CCCCN2C(=O)CCCc2ccccc2)[nH]n1. The molecule has 4 rings (SSSR count). The van der Waals surface area contributed by atoms with Crippen LogP contribution in [0.25, 0.3) is 0 Å². The number of piperidine rings is 1. The van der Waals surface area contributed by atoms with Gasteiger partial charge >= 0.3 is 0 Å². The van der Waals surface area contributed by atoms with Gasteiger partial charge in [-0.2, -0.15) is 5.10 Å². The van der Waals surface area contributed by atoms with Crippen LogP contribution < -0.4 is 5.32 Å². The van der Waals surface area contributed by atoms with E-state index in [0.29, 0.717) is 12.1 Å². The van der Waals surface area contributed by atoms with Gasteiger partial charge in [0.05, 0.1) is 11.7 Å². The van der Waals surface area contributed by atoms with Gasteiger partial charge in [-0.25, -0.2) is 0 Å². The largest absolute Gasteiger partial charge is 0.348 e. The van der Waals surface area contributed by atoms with Crippen molar-refractivity contribution in [2.45, 2.75) is 76.3 Å². The molecular weight excluding hydrogens is 376 g/mol. The second kappa shape index (κ2) is 9.92. The average Bonchev–Trinajstić information content (AvgIpc) is 3.47. The summed E-state index contributed by atoms with van der Waals surface area (Å²) in [5, 5.41) is 10.4. The number of H-pyrrole nitrogens is 1. The van der Waals surface area contributed by atoms with Crippen LogP contribution in [0.15, 0.2) is 36.4 Å². The molecule has 1 aromatic heterocycles. The van der Waals surface area contributed by atoms with Crippen molar-refractivity contribution in [3.8, 4) is 0 Å². The summed E-state index contributed by atoms with van der Waals surface area (Å²) < 4.78 is 0. The first-order valence-corrected chi connectivity index (χ1v) is 11.4. The number of aromatic amines is 1. The number of carbonyl (C=O) groups excluding carboxylic acids is 2. The Labute approximate surface area is 178 Å². The Morgan fingerprint density at radius 1 is 1.07 bits per heavy atom. The highest BCUT2D eigenvalue weighted by Crippen LogP contribution is 2.31. The van der Waals surface area contributed by atoms with E-state index in [1.165, 1.54) is 18.4 Å². The van der Waals surface area contributed by atoms with Crippen molar-refractivity contribution in [2.75, 3.05) is 6.54 Å². The molecule has 160 valence electrons. The number of rotatable bonds is 7. The van der Waals surface area contributed by atoms with Crippen molar-refractivity contribution < 1.29 is 9.59 Å². The molecule has 6 nitrogen and oxygen atoms in total. The van der Waals surface area contributed by atoms with Gasteiger partial charge in [0, 0.05) is 19.0 Å². The Morgan fingerprint density at radius 3 is 2.63 bits per heavy atom. The summed E-state index contributed by atoms with van der Waals surface area (Å²) in [5.74, 6) is 0.0862. The van der Waals surface area contributed by atoms with Gasteiger partial charge in [-0.15, -0.1) is 0 Å². The highest BCUT2D eigenvalue weighted by atomic mass is 16.2. The minimum atomic E-state index is -0.110. The van der Waals surface area contributed by atoms with Gasteiger partial charge in [-0.3, -0.25) is 14.7 Å². The number of hydrogen-bond acceptors (Lipinski definition) is 3. The van der Waals surface area contributed by atoms with Crippen molar-refractivity contribution in [1.29, 1.82) is 0 Å². The molecule has 1 aliphatic heterocycles. The zero-order chi connectivity index (χ0) is 20.8. The lowest BCUT2D eigenvalue weighted by molar-refractivity contribution is -0.135. The molecule has 2 amide bonds. The molecule has 1 saturated carbocycles. The maximum atomic E-state index is 13.0. The molecular formula is C24H32N4O2. The summed E-state index contributed by atoms with van der Waals surface area (Å²) >= 11 is 0. The van der Waals surface area contributed by atoms with E-state index in [9.17, 15) is 9.59 Å². The summed E-state index contributed by atoms with van der Waals surface area (Å²) in [5.41, 5.74) is 2.58. The number of hydrogen-bond donors (Lipinski definition) is 2. The Kier molecular flexibility index (Phi) is 6.82. The van der Waals surface area contributed by atoms with E-state index in [1.807, 2.05) is 29.2 Å². The first-order chi connectivity index (χ1) is 14.7. The van der Waals surface area contributed by atoms with E-state index >= 15 is 0 Å². The van der Waals surface area contributed by atoms with E-state index in [-0.39, 0.29) is 23.9 Å². The highest BCUT2D eigenvalue weighted by molar-refractivity contribution is 5.92. The lowest BCUT2D eigenvalue weighted by Crippen LogP contribution is -2.38. The lowest BCUT2D eigenvalue weighted by Gasteiger charge is -2.35. The first-order valence-electron chi connectivity index (χ1n) is 11.4. The van der Waals surface area contributed by atoms with Gasteiger partial charge < -0.3 is 10.2 Å². The van der Waals surface area contributed by atoms with Crippen LogP contribution >= 0.6 is 0 Å². The highest BCUT2D eigenvalue weighted by Gasteiger charge is 2.30. The number of benzene rings is 1. The van der Waals surface area contributed by atoms with Crippen LogP contribution in [0, 0.1) is 0 Å². The van der Waals surface area contributed by atoms with Gasteiger partial charge in [0.15, 0.2) is 0 Å². The first kappa shape index (κ1) is 20.6. The van der Waals surface area contributed by atoms with Crippen molar-refractivity contribution in [1.82, 2.24) is 20.4 Å². The molecule has 2 aromatic rings. The molecule has 30 heavy (non-hydrogen) atoms. The predicted octanol–water partition coefficient (Wildman–Crippen LogP) is 4.16. The molecule has 1 aromatic carbocycles. The van der Waals surface area contributed by atoms with Crippen LogP contribution in [-0.4, -0.2) is 39.5 Å². The minimum Gasteiger partial charge on any atom is -0.348 e. The minimum absolute atomic E-state index is 0.0106. The third-order valence-corrected chi connectivity index (χ3v) is 6.40. The van der Waals surface area contributed by atoms with Gasteiger partial charge in [-0.05, 0) is 56.6 Å². The average molecular weight is 409 g/mol. The van der Waals surface area contributed by atoms with Crippen LogP contribution in [0.5, 0.6) is 0 Å². The van der Waals surface area contributed by atoms with E-state index < -0.39 is 0 Å². The zero-order valence-corrected chi connectivity index (χ0v) is 17.6. The number of nitrogens with zero attached hydrogens (tertiary/aromatic N) is 2. The Bertz CT molecular complexity index is 842. The van der Waals surface area contributed by atoms with E-state index in [4.69, 9.17) is 0 Å². The number of amides is 2. The number of carbonyl (C=O) groups is 2. The Balaban J connectivity index is 1.35. The zero-order valence-electron chi connectivity index (χ0n) is 17.6. The van der Waals surface area contributed by atoms with Gasteiger partial charge in [0.25, 0.3) is 5.91 Å².